The minimum Gasteiger partial charge on any atom is -0.462 e. The van der Waals surface area contributed by atoms with E-state index in [1.807, 2.05) is 61.5 Å². The molecule has 1 aliphatic heterocycles. The van der Waals surface area contributed by atoms with Crippen LogP contribution in [0, 0.1) is 5.92 Å². The number of carbonyl (C=O) groups is 1. The first-order valence-electron chi connectivity index (χ1n) is 10.7. The van der Waals surface area contributed by atoms with Gasteiger partial charge in [-0.25, -0.2) is 4.79 Å². The highest BCUT2D eigenvalue weighted by Gasteiger charge is 2.26. The van der Waals surface area contributed by atoms with Crippen LogP contribution in [0.25, 0.3) is 22.0 Å². The lowest BCUT2D eigenvalue weighted by atomic mass is 9.93. The molecule has 1 aliphatic rings. The maximum atomic E-state index is 13.1. The number of aliphatic hydroxyl groups is 1. The number of hydrogen-bond acceptors (Lipinski definition) is 5. The molecule has 1 fully saturated rings. The van der Waals surface area contributed by atoms with E-state index in [-0.39, 0.29) is 18.5 Å². The summed E-state index contributed by atoms with van der Waals surface area (Å²) in [5.74, 6) is -0.0563. The standard InChI is InChI=1S/C25H28N2O3/c1-2-30-25(29)24-22(16-27-14-8-9-18(15-27)17-28)26-21-13-7-6-12-20(21)23(24)19-10-4-3-5-11-19/h3-7,10-13,18,28H,2,8-9,14-17H2,1H3. The van der Waals surface area contributed by atoms with Crippen LogP contribution in [0.1, 0.15) is 35.8 Å². The van der Waals surface area contributed by atoms with Crippen molar-refractivity contribution in [3.8, 4) is 11.1 Å². The van der Waals surface area contributed by atoms with Crippen molar-refractivity contribution >= 4 is 16.9 Å². The molecule has 0 aliphatic carbocycles. The topological polar surface area (TPSA) is 62.7 Å². The number of ether oxygens (including phenoxy) is 1. The summed E-state index contributed by atoms with van der Waals surface area (Å²) < 4.78 is 5.47. The third kappa shape index (κ3) is 4.23. The minimum absolute atomic E-state index is 0.196. The number of fused-ring (bicyclic) bond motifs is 1. The van der Waals surface area contributed by atoms with Crippen molar-refractivity contribution in [2.75, 3.05) is 26.3 Å². The van der Waals surface area contributed by atoms with E-state index < -0.39 is 0 Å². The zero-order valence-corrected chi connectivity index (χ0v) is 17.4. The maximum absolute atomic E-state index is 13.1. The molecule has 5 heteroatoms. The van der Waals surface area contributed by atoms with Gasteiger partial charge < -0.3 is 9.84 Å². The number of para-hydroxylation sites is 1. The molecule has 0 radical (unpaired) electrons. The van der Waals surface area contributed by atoms with Crippen LogP contribution >= 0.6 is 0 Å². The van der Waals surface area contributed by atoms with Crippen molar-refractivity contribution in [2.45, 2.75) is 26.3 Å². The van der Waals surface area contributed by atoms with Gasteiger partial charge in [0.05, 0.1) is 23.4 Å². The van der Waals surface area contributed by atoms with Crippen LogP contribution in [0.4, 0.5) is 0 Å². The van der Waals surface area contributed by atoms with Gasteiger partial charge in [0.1, 0.15) is 0 Å². The molecular formula is C25H28N2O3. The van der Waals surface area contributed by atoms with E-state index in [1.165, 1.54) is 0 Å². The van der Waals surface area contributed by atoms with E-state index in [2.05, 4.69) is 4.90 Å². The molecule has 1 N–H and O–H groups in total. The number of esters is 1. The Balaban J connectivity index is 1.88. The summed E-state index contributed by atoms with van der Waals surface area (Å²) in [5, 5.41) is 10.6. The molecule has 0 bridgehead atoms. The van der Waals surface area contributed by atoms with Gasteiger partial charge in [0.15, 0.2) is 0 Å². The number of piperidine rings is 1. The van der Waals surface area contributed by atoms with E-state index in [0.29, 0.717) is 18.7 Å². The molecule has 1 aromatic heterocycles. The van der Waals surface area contributed by atoms with Gasteiger partial charge in [0.25, 0.3) is 0 Å². The van der Waals surface area contributed by atoms with E-state index in [0.717, 1.165) is 53.7 Å². The highest BCUT2D eigenvalue weighted by atomic mass is 16.5. The Morgan fingerprint density at radius 3 is 2.70 bits per heavy atom. The number of aliphatic hydroxyl groups excluding tert-OH is 1. The Morgan fingerprint density at radius 1 is 1.17 bits per heavy atom. The molecule has 4 rings (SSSR count). The number of likely N-dealkylation sites (tertiary alicyclic amines) is 1. The van der Waals surface area contributed by atoms with Crippen molar-refractivity contribution in [1.29, 1.82) is 0 Å². The number of nitrogens with zero attached hydrogens (tertiary/aromatic N) is 2. The SMILES string of the molecule is CCOC(=O)c1c(CN2CCCC(CO)C2)nc2ccccc2c1-c1ccccc1. The second-order valence-electron chi connectivity index (χ2n) is 7.84. The van der Waals surface area contributed by atoms with Crippen molar-refractivity contribution in [3.63, 3.8) is 0 Å². The Hall–Kier alpha value is -2.76. The van der Waals surface area contributed by atoms with Crippen LogP contribution in [0.15, 0.2) is 54.6 Å². The molecule has 2 heterocycles. The van der Waals surface area contributed by atoms with E-state index in [9.17, 15) is 9.90 Å². The average Bonchev–Trinajstić information content (AvgIpc) is 2.79. The van der Waals surface area contributed by atoms with Crippen LogP contribution in [0.3, 0.4) is 0 Å². The molecular weight excluding hydrogens is 376 g/mol. The fourth-order valence-electron chi connectivity index (χ4n) is 4.36. The van der Waals surface area contributed by atoms with E-state index in [1.54, 1.807) is 0 Å². The van der Waals surface area contributed by atoms with Gasteiger partial charge >= 0.3 is 5.97 Å². The molecule has 0 saturated carbocycles. The molecule has 0 amide bonds. The fourth-order valence-corrected chi connectivity index (χ4v) is 4.36. The van der Waals surface area contributed by atoms with Gasteiger partial charge in [-0.3, -0.25) is 9.88 Å². The molecule has 3 aromatic rings. The Labute approximate surface area is 177 Å². The first-order chi connectivity index (χ1) is 14.7. The smallest absolute Gasteiger partial charge is 0.340 e. The molecule has 1 saturated heterocycles. The third-order valence-corrected chi connectivity index (χ3v) is 5.74. The maximum Gasteiger partial charge on any atom is 0.340 e. The fraction of sp³-hybridized carbons (Fsp3) is 0.360. The van der Waals surface area contributed by atoms with Gasteiger partial charge in [-0.2, -0.15) is 0 Å². The lowest BCUT2D eigenvalue weighted by Gasteiger charge is -2.32. The monoisotopic (exact) mass is 404 g/mol. The largest absolute Gasteiger partial charge is 0.462 e. The van der Waals surface area contributed by atoms with Crippen LogP contribution in [0.5, 0.6) is 0 Å². The summed E-state index contributed by atoms with van der Waals surface area (Å²) in [7, 11) is 0. The molecule has 2 aromatic carbocycles. The normalized spacial score (nSPS) is 17.2. The second kappa shape index (κ2) is 9.37. The summed E-state index contributed by atoms with van der Waals surface area (Å²) >= 11 is 0. The quantitative estimate of drug-likeness (QED) is 0.621. The van der Waals surface area contributed by atoms with E-state index >= 15 is 0 Å². The van der Waals surface area contributed by atoms with Gasteiger partial charge in [-0.05, 0) is 43.9 Å². The second-order valence-corrected chi connectivity index (χ2v) is 7.84. The summed E-state index contributed by atoms with van der Waals surface area (Å²) in [6, 6.07) is 17.9. The van der Waals surface area contributed by atoms with Crippen LogP contribution < -0.4 is 0 Å². The summed E-state index contributed by atoms with van der Waals surface area (Å²) in [5.41, 5.74) is 4.02. The predicted octanol–water partition coefficient (Wildman–Crippen LogP) is 4.28. The molecule has 1 unspecified atom stereocenters. The van der Waals surface area contributed by atoms with Crippen LogP contribution in [-0.4, -0.2) is 47.3 Å². The molecule has 1 atom stereocenters. The highest BCUT2D eigenvalue weighted by Crippen LogP contribution is 2.34. The van der Waals surface area contributed by atoms with Crippen molar-refractivity contribution < 1.29 is 14.6 Å². The van der Waals surface area contributed by atoms with Crippen LogP contribution in [-0.2, 0) is 11.3 Å². The number of carbonyl (C=O) groups excluding carboxylic acids is 1. The number of aromatic nitrogens is 1. The Bertz CT molecular complexity index is 1020. The van der Waals surface area contributed by atoms with Crippen LogP contribution in [0.2, 0.25) is 0 Å². The van der Waals surface area contributed by atoms with Crippen molar-refractivity contribution in [2.24, 2.45) is 5.92 Å². The van der Waals surface area contributed by atoms with Crippen molar-refractivity contribution in [1.82, 2.24) is 9.88 Å². The summed E-state index contributed by atoms with van der Waals surface area (Å²) in [6.07, 6.45) is 2.08. The van der Waals surface area contributed by atoms with Gasteiger partial charge in [-0.1, -0.05) is 48.5 Å². The highest BCUT2D eigenvalue weighted by molar-refractivity contribution is 6.07. The first kappa shape index (κ1) is 20.5. The Kier molecular flexibility index (Phi) is 6.41. The predicted molar refractivity (Wildman–Crippen MR) is 118 cm³/mol. The molecule has 0 spiro atoms. The molecule has 30 heavy (non-hydrogen) atoms. The lowest BCUT2D eigenvalue weighted by molar-refractivity contribution is 0.0522. The van der Waals surface area contributed by atoms with Gasteiger partial charge in [-0.15, -0.1) is 0 Å². The van der Waals surface area contributed by atoms with E-state index in [4.69, 9.17) is 9.72 Å². The lowest BCUT2D eigenvalue weighted by Crippen LogP contribution is -2.37. The minimum atomic E-state index is -0.333. The van der Waals surface area contributed by atoms with Crippen molar-refractivity contribution in [3.05, 3.63) is 65.9 Å². The molecule has 5 nitrogen and oxygen atoms in total. The summed E-state index contributed by atoms with van der Waals surface area (Å²) in [6.45, 7) is 4.65. The zero-order valence-electron chi connectivity index (χ0n) is 17.4. The van der Waals surface area contributed by atoms with Gasteiger partial charge in [0.2, 0.25) is 0 Å². The average molecular weight is 405 g/mol. The third-order valence-electron chi connectivity index (χ3n) is 5.74. The first-order valence-corrected chi connectivity index (χ1v) is 10.7. The number of benzene rings is 2. The number of rotatable bonds is 6. The Morgan fingerprint density at radius 2 is 1.93 bits per heavy atom. The zero-order chi connectivity index (χ0) is 20.9. The molecule has 156 valence electrons. The number of pyridine rings is 1. The summed E-state index contributed by atoms with van der Waals surface area (Å²) in [4.78, 5) is 20.3. The number of hydrogen-bond donors (Lipinski definition) is 1. The van der Waals surface area contributed by atoms with Gasteiger partial charge in [0, 0.05) is 30.6 Å².